The van der Waals surface area contributed by atoms with Crippen molar-refractivity contribution in [1.29, 1.82) is 0 Å². The van der Waals surface area contributed by atoms with Crippen molar-refractivity contribution in [3.05, 3.63) is 65.1 Å². The molecule has 0 atom stereocenters. The lowest BCUT2D eigenvalue weighted by molar-refractivity contribution is 0.590. The fraction of sp³-hybridized carbons (Fsp3) is 0.333. The normalized spacial score (nSPS) is 15.2. The van der Waals surface area contributed by atoms with E-state index in [9.17, 15) is 0 Å². The molecule has 1 aromatic carbocycles. The van der Waals surface area contributed by atoms with Crippen molar-refractivity contribution in [1.82, 2.24) is 0 Å². The highest BCUT2D eigenvalue weighted by Gasteiger charge is 2.13. The highest BCUT2D eigenvalue weighted by Crippen LogP contribution is 2.33. The Bertz CT molecular complexity index is 510. The van der Waals surface area contributed by atoms with Gasteiger partial charge in [-0.25, -0.2) is 0 Å². The number of hydrogen-bond donors (Lipinski definition) is 0. The summed E-state index contributed by atoms with van der Waals surface area (Å²) >= 11 is 1.76. The molecule has 0 heterocycles. The van der Waals surface area contributed by atoms with Crippen molar-refractivity contribution in [2.24, 2.45) is 0 Å². The van der Waals surface area contributed by atoms with Crippen LogP contribution < -0.4 is 0 Å². The first-order chi connectivity index (χ1) is 8.97. The highest BCUT2D eigenvalue weighted by molar-refractivity contribution is 8.03. The second kappa shape index (κ2) is 5.83. The summed E-state index contributed by atoms with van der Waals surface area (Å²) in [5.74, 6) is 0. The van der Waals surface area contributed by atoms with E-state index in [1.54, 1.807) is 11.8 Å². The third-order valence-corrected chi connectivity index (χ3v) is 4.27. The number of benzene rings is 1. The zero-order chi connectivity index (χ0) is 13.9. The summed E-state index contributed by atoms with van der Waals surface area (Å²) in [7, 11) is 0. The Hall–Kier alpha value is -1.21. The summed E-state index contributed by atoms with van der Waals surface area (Å²) in [4.78, 5) is 2.40. The van der Waals surface area contributed by atoms with Gasteiger partial charge >= 0.3 is 0 Å². The molecule has 19 heavy (non-hydrogen) atoms. The van der Waals surface area contributed by atoms with Gasteiger partial charge in [-0.15, -0.1) is 0 Å². The van der Waals surface area contributed by atoms with Crippen LogP contribution in [0, 0.1) is 0 Å². The first kappa shape index (κ1) is 14.2. The zero-order valence-corrected chi connectivity index (χ0v) is 12.9. The van der Waals surface area contributed by atoms with Crippen molar-refractivity contribution in [3.8, 4) is 0 Å². The fourth-order valence-electron chi connectivity index (χ4n) is 2.04. The van der Waals surface area contributed by atoms with Gasteiger partial charge in [0.25, 0.3) is 0 Å². The van der Waals surface area contributed by atoms with Gasteiger partial charge < -0.3 is 0 Å². The van der Waals surface area contributed by atoms with Crippen LogP contribution in [0.5, 0.6) is 0 Å². The molecule has 2 rings (SSSR count). The van der Waals surface area contributed by atoms with Crippen LogP contribution in [0.2, 0.25) is 0 Å². The molecule has 0 nitrogen and oxygen atoms in total. The third-order valence-electron chi connectivity index (χ3n) is 3.28. The van der Waals surface area contributed by atoms with Crippen LogP contribution in [-0.4, -0.2) is 0 Å². The van der Waals surface area contributed by atoms with Crippen LogP contribution in [0.25, 0.3) is 0 Å². The minimum Gasteiger partial charge on any atom is -0.0901 e. The molecule has 100 valence electrons. The van der Waals surface area contributed by atoms with Gasteiger partial charge in [0.1, 0.15) is 0 Å². The number of rotatable bonds is 3. The van der Waals surface area contributed by atoms with E-state index in [2.05, 4.69) is 69.8 Å². The van der Waals surface area contributed by atoms with Crippen LogP contribution in [0.4, 0.5) is 0 Å². The largest absolute Gasteiger partial charge is 0.0901 e. The average Bonchev–Trinajstić information content (AvgIpc) is 2.39. The van der Waals surface area contributed by atoms with Gasteiger partial charge in [0, 0.05) is 9.80 Å². The van der Waals surface area contributed by atoms with Crippen LogP contribution in [0.15, 0.2) is 64.4 Å². The van der Waals surface area contributed by atoms with Crippen LogP contribution in [0.3, 0.4) is 0 Å². The molecular formula is C18H22S. The Balaban J connectivity index is 2.06. The Morgan fingerprint density at radius 2 is 1.79 bits per heavy atom. The summed E-state index contributed by atoms with van der Waals surface area (Å²) < 4.78 is 0. The molecule has 0 radical (unpaired) electrons. The Kier molecular flexibility index (Phi) is 4.36. The maximum absolute atomic E-state index is 4.19. The lowest BCUT2D eigenvalue weighted by atomic mass is 9.87. The maximum Gasteiger partial charge on any atom is 0.0122 e. The summed E-state index contributed by atoms with van der Waals surface area (Å²) in [6.07, 6.45) is 8.97. The molecule has 1 aliphatic rings. The van der Waals surface area contributed by atoms with E-state index >= 15 is 0 Å². The maximum atomic E-state index is 4.19. The SMILES string of the molecule is C=C(Sc1ccc(C(C)(C)C)cc1)C1=CCCC=C1. The minimum absolute atomic E-state index is 0.217. The van der Waals surface area contributed by atoms with Gasteiger partial charge in [-0.1, -0.05) is 69.5 Å². The van der Waals surface area contributed by atoms with E-state index in [1.165, 1.54) is 16.0 Å². The molecule has 0 unspecified atom stereocenters. The van der Waals surface area contributed by atoms with Crippen molar-refractivity contribution >= 4 is 11.8 Å². The number of hydrogen-bond acceptors (Lipinski definition) is 1. The molecule has 0 amide bonds. The quantitative estimate of drug-likeness (QED) is 0.619. The predicted molar refractivity (Wildman–Crippen MR) is 86.6 cm³/mol. The molecule has 0 aromatic heterocycles. The first-order valence-electron chi connectivity index (χ1n) is 6.81. The van der Waals surface area contributed by atoms with E-state index in [1.807, 2.05) is 0 Å². The van der Waals surface area contributed by atoms with Gasteiger partial charge in [-0.3, -0.25) is 0 Å². The van der Waals surface area contributed by atoms with Crippen LogP contribution in [0.1, 0.15) is 39.2 Å². The molecule has 1 aromatic rings. The van der Waals surface area contributed by atoms with Gasteiger partial charge in [0.2, 0.25) is 0 Å². The Labute approximate surface area is 121 Å². The second-order valence-corrected chi connectivity index (χ2v) is 7.11. The molecule has 1 aliphatic carbocycles. The predicted octanol–water partition coefficient (Wildman–Crippen LogP) is 5.87. The summed E-state index contributed by atoms with van der Waals surface area (Å²) in [6, 6.07) is 8.84. The second-order valence-electron chi connectivity index (χ2n) is 5.94. The van der Waals surface area contributed by atoms with Gasteiger partial charge in [0.15, 0.2) is 0 Å². The van der Waals surface area contributed by atoms with Crippen molar-refractivity contribution in [2.75, 3.05) is 0 Å². The molecule has 1 heteroatoms. The molecular weight excluding hydrogens is 248 g/mol. The number of thioether (sulfide) groups is 1. The molecule has 0 fully saturated rings. The van der Waals surface area contributed by atoms with E-state index in [0.29, 0.717) is 0 Å². The van der Waals surface area contributed by atoms with Crippen molar-refractivity contribution in [3.63, 3.8) is 0 Å². The van der Waals surface area contributed by atoms with Gasteiger partial charge in [-0.2, -0.15) is 0 Å². The average molecular weight is 270 g/mol. The monoisotopic (exact) mass is 270 g/mol. The summed E-state index contributed by atoms with van der Waals surface area (Å²) in [6.45, 7) is 10.9. The van der Waals surface area contributed by atoms with E-state index in [-0.39, 0.29) is 5.41 Å². The van der Waals surface area contributed by atoms with Crippen molar-refractivity contribution in [2.45, 2.75) is 43.9 Å². The van der Waals surface area contributed by atoms with Crippen LogP contribution in [-0.2, 0) is 5.41 Å². The lowest BCUT2D eigenvalue weighted by Gasteiger charge is -2.19. The van der Waals surface area contributed by atoms with E-state index in [0.717, 1.165) is 17.7 Å². The minimum atomic E-state index is 0.217. The molecule has 0 saturated carbocycles. The topological polar surface area (TPSA) is 0 Å². The fourth-order valence-corrected chi connectivity index (χ4v) is 2.87. The Morgan fingerprint density at radius 1 is 1.11 bits per heavy atom. The zero-order valence-electron chi connectivity index (χ0n) is 12.1. The highest BCUT2D eigenvalue weighted by atomic mass is 32.2. The molecule has 0 aliphatic heterocycles. The molecule has 0 saturated heterocycles. The number of allylic oxidation sites excluding steroid dienone is 4. The lowest BCUT2D eigenvalue weighted by Crippen LogP contribution is -2.10. The third kappa shape index (κ3) is 3.87. The molecule has 0 N–H and O–H groups in total. The van der Waals surface area contributed by atoms with E-state index < -0.39 is 0 Å². The van der Waals surface area contributed by atoms with E-state index in [4.69, 9.17) is 0 Å². The summed E-state index contributed by atoms with van der Waals surface area (Å²) in [5.41, 5.74) is 2.87. The Morgan fingerprint density at radius 3 is 2.32 bits per heavy atom. The van der Waals surface area contributed by atoms with Gasteiger partial charge in [0.05, 0.1) is 0 Å². The molecule has 0 bridgehead atoms. The first-order valence-corrected chi connectivity index (χ1v) is 7.63. The molecule has 0 spiro atoms. The van der Waals surface area contributed by atoms with Gasteiger partial charge in [-0.05, 0) is 41.5 Å². The van der Waals surface area contributed by atoms with Crippen LogP contribution >= 0.6 is 11.8 Å². The summed E-state index contributed by atoms with van der Waals surface area (Å²) in [5, 5.41) is 0. The standard InChI is InChI=1S/C18H22S/c1-14(15-8-6-5-7-9-15)19-17-12-10-16(11-13-17)18(2,3)4/h6,8-13H,1,5,7H2,2-4H3. The van der Waals surface area contributed by atoms with Crippen molar-refractivity contribution < 1.29 is 0 Å². The smallest absolute Gasteiger partial charge is 0.0122 e.